The summed E-state index contributed by atoms with van der Waals surface area (Å²) in [5.41, 5.74) is 2.56. The zero-order chi connectivity index (χ0) is 18.0. The number of ketones is 1. The first-order valence-electron chi connectivity index (χ1n) is 7.89. The molecule has 5 nitrogen and oxygen atoms in total. The highest BCUT2D eigenvalue weighted by molar-refractivity contribution is 6.25. The van der Waals surface area contributed by atoms with E-state index in [1.165, 1.54) is 18.0 Å². The molecule has 1 aromatic heterocycles. The van der Waals surface area contributed by atoms with Crippen molar-refractivity contribution in [3.63, 3.8) is 0 Å². The number of hydrogen-bond donors (Lipinski definition) is 1. The van der Waals surface area contributed by atoms with Crippen molar-refractivity contribution in [2.75, 3.05) is 13.6 Å². The predicted octanol–water partition coefficient (Wildman–Crippen LogP) is 3.05. The van der Waals surface area contributed by atoms with Crippen molar-refractivity contribution in [2.45, 2.75) is 6.92 Å². The van der Waals surface area contributed by atoms with Crippen LogP contribution >= 0.6 is 0 Å². The molecule has 126 valence electrons. The van der Waals surface area contributed by atoms with E-state index >= 15 is 0 Å². The monoisotopic (exact) mass is 334 g/mol. The van der Waals surface area contributed by atoms with Crippen LogP contribution in [0.4, 0.5) is 0 Å². The van der Waals surface area contributed by atoms with E-state index in [0.29, 0.717) is 0 Å². The first kappa shape index (κ1) is 16.6. The Kier molecular flexibility index (Phi) is 4.48. The number of amides is 1. The summed E-state index contributed by atoms with van der Waals surface area (Å²) >= 11 is 0. The number of carbonyl (C=O) groups is 2. The molecule has 1 saturated heterocycles. The lowest BCUT2D eigenvalue weighted by atomic mass is 10.1. The van der Waals surface area contributed by atoms with Crippen molar-refractivity contribution < 1.29 is 14.7 Å². The standard InChI is InChI=1S/C20H18N2O3/c1-13(7-8-17(23)19-18(24)12-22(2)20(19)25)9-14-10-15-5-3-4-6-16(15)21-11-14/h3-11,23H,12H2,1-2H3/b8-7+,13-9+,19-17?. The van der Waals surface area contributed by atoms with Gasteiger partial charge in [-0.15, -0.1) is 0 Å². The van der Waals surface area contributed by atoms with Crippen LogP contribution in [-0.2, 0) is 9.59 Å². The van der Waals surface area contributed by atoms with Crippen LogP contribution in [-0.4, -0.2) is 40.3 Å². The second-order valence-corrected chi connectivity index (χ2v) is 6.03. The number of Topliss-reactive ketones (excluding diaryl/α,β-unsaturated/α-hetero) is 1. The summed E-state index contributed by atoms with van der Waals surface area (Å²) in [5.74, 6) is -1.12. The molecule has 1 aliphatic heterocycles. The van der Waals surface area contributed by atoms with Gasteiger partial charge in [0, 0.05) is 18.6 Å². The Hall–Kier alpha value is -3.21. The van der Waals surface area contributed by atoms with Gasteiger partial charge in [-0.3, -0.25) is 14.6 Å². The molecule has 1 amide bonds. The van der Waals surface area contributed by atoms with Crippen LogP contribution in [0, 0.1) is 0 Å². The smallest absolute Gasteiger partial charge is 0.261 e. The molecule has 2 heterocycles. The third-order valence-electron chi connectivity index (χ3n) is 3.99. The van der Waals surface area contributed by atoms with E-state index in [0.717, 1.165) is 22.0 Å². The summed E-state index contributed by atoms with van der Waals surface area (Å²) in [6, 6.07) is 9.87. The van der Waals surface area contributed by atoms with E-state index in [1.807, 2.05) is 43.3 Å². The Morgan fingerprint density at radius 1 is 1.24 bits per heavy atom. The number of likely N-dealkylation sites (N-methyl/N-ethyl adjacent to an activating group) is 1. The summed E-state index contributed by atoms with van der Waals surface area (Å²) in [5, 5.41) is 11.1. The van der Waals surface area contributed by atoms with Crippen molar-refractivity contribution in [1.29, 1.82) is 0 Å². The zero-order valence-corrected chi connectivity index (χ0v) is 14.1. The first-order chi connectivity index (χ1) is 12.0. The zero-order valence-electron chi connectivity index (χ0n) is 14.1. The number of aliphatic hydroxyl groups excluding tert-OH is 1. The third kappa shape index (κ3) is 3.50. The second-order valence-electron chi connectivity index (χ2n) is 6.03. The van der Waals surface area contributed by atoms with Gasteiger partial charge in [0.1, 0.15) is 11.3 Å². The maximum Gasteiger partial charge on any atom is 0.261 e. The Labute approximate surface area is 145 Å². The van der Waals surface area contributed by atoms with Gasteiger partial charge in [0.15, 0.2) is 5.78 Å². The number of rotatable bonds is 3. The van der Waals surface area contributed by atoms with E-state index < -0.39 is 5.91 Å². The molecule has 1 N–H and O–H groups in total. The van der Waals surface area contributed by atoms with Crippen LogP contribution in [0.5, 0.6) is 0 Å². The van der Waals surface area contributed by atoms with Crippen LogP contribution in [0.3, 0.4) is 0 Å². The van der Waals surface area contributed by atoms with Crippen LogP contribution < -0.4 is 0 Å². The maximum absolute atomic E-state index is 11.8. The number of carbonyl (C=O) groups excluding carboxylic acids is 2. The van der Waals surface area contributed by atoms with Crippen molar-refractivity contribution in [3.05, 3.63) is 71.1 Å². The van der Waals surface area contributed by atoms with Gasteiger partial charge in [0.05, 0.1) is 12.1 Å². The molecular weight excluding hydrogens is 316 g/mol. The average molecular weight is 334 g/mol. The van der Waals surface area contributed by atoms with Crippen LogP contribution in [0.25, 0.3) is 17.0 Å². The fourth-order valence-electron chi connectivity index (χ4n) is 2.70. The normalized spacial score (nSPS) is 17.8. The van der Waals surface area contributed by atoms with Gasteiger partial charge in [0.25, 0.3) is 5.91 Å². The molecule has 0 radical (unpaired) electrons. The number of likely N-dealkylation sites (tertiary alicyclic amines) is 1. The van der Waals surface area contributed by atoms with E-state index in [9.17, 15) is 14.7 Å². The summed E-state index contributed by atoms with van der Waals surface area (Å²) in [7, 11) is 1.53. The molecule has 0 saturated carbocycles. The summed E-state index contributed by atoms with van der Waals surface area (Å²) in [6.07, 6.45) is 6.73. The van der Waals surface area contributed by atoms with Gasteiger partial charge in [-0.2, -0.15) is 0 Å². The van der Waals surface area contributed by atoms with Gasteiger partial charge in [-0.1, -0.05) is 35.9 Å². The molecule has 1 aliphatic rings. The van der Waals surface area contributed by atoms with Gasteiger partial charge in [-0.05, 0) is 30.7 Å². The van der Waals surface area contributed by atoms with Crippen molar-refractivity contribution in [2.24, 2.45) is 0 Å². The lowest BCUT2D eigenvalue weighted by molar-refractivity contribution is -0.123. The van der Waals surface area contributed by atoms with Crippen LogP contribution in [0.1, 0.15) is 12.5 Å². The minimum absolute atomic E-state index is 0.00362. The molecule has 5 heteroatoms. The Morgan fingerprint density at radius 2 is 2.00 bits per heavy atom. The number of aromatic nitrogens is 1. The number of nitrogens with zero attached hydrogens (tertiary/aromatic N) is 2. The highest BCUT2D eigenvalue weighted by Gasteiger charge is 2.33. The minimum atomic E-state index is -0.451. The molecule has 0 bridgehead atoms. The fraction of sp³-hybridized carbons (Fsp3) is 0.150. The number of para-hydroxylation sites is 1. The van der Waals surface area contributed by atoms with Crippen molar-refractivity contribution in [3.8, 4) is 0 Å². The van der Waals surface area contributed by atoms with Gasteiger partial charge < -0.3 is 10.0 Å². The van der Waals surface area contributed by atoms with E-state index in [2.05, 4.69) is 4.98 Å². The van der Waals surface area contributed by atoms with E-state index in [1.54, 1.807) is 12.3 Å². The van der Waals surface area contributed by atoms with Crippen molar-refractivity contribution in [1.82, 2.24) is 9.88 Å². The average Bonchev–Trinajstić information content (AvgIpc) is 2.85. The molecule has 25 heavy (non-hydrogen) atoms. The molecule has 2 aromatic rings. The molecule has 0 aliphatic carbocycles. The minimum Gasteiger partial charge on any atom is -0.507 e. The van der Waals surface area contributed by atoms with Crippen LogP contribution in [0.15, 0.2) is 65.6 Å². The molecule has 1 aromatic carbocycles. The second kappa shape index (κ2) is 6.73. The third-order valence-corrected chi connectivity index (χ3v) is 3.99. The Morgan fingerprint density at radius 3 is 2.72 bits per heavy atom. The van der Waals surface area contributed by atoms with Crippen molar-refractivity contribution >= 4 is 28.7 Å². The molecule has 3 rings (SSSR count). The predicted molar refractivity (Wildman–Crippen MR) is 96.8 cm³/mol. The highest BCUT2D eigenvalue weighted by atomic mass is 16.3. The SMILES string of the molecule is CC(/C=C/C(O)=C1C(=O)CN(C)C1=O)=C\c1cnc2ccccc2c1. The molecule has 0 unspecified atom stereocenters. The van der Waals surface area contributed by atoms with Gasteiger partial charge in [-0.25, -0.2) is 0 Å². The number of benzene rings is 1. The molecule has 1 fully saturated rings. The number of hydrogen-bond acceptors (Lipinski definition) is 4. The largest absolute Gasteiger partial charge is 0.507 e. The van der Waals surface area contributed by atoms with E-state index in [4.69, 9.17) is 0 Å². The highest BCUT2D eigenvalue weighted by Crippen LogP contribution is 2.18. The lowest BCUT2D eigenvalue weighted by Crippen LogP contribution is -2.19. The summed E-state index contributed by atoms with van der Waals surface area (Å²) in [4.78, 5) is 29.3. The molecular formula is C20H18N2O3. The molecule has 0 spiro atoms. The number of fused-ring (bicyclic) bond motifs is 1. The first-order valence-corrected chi connectivity index (χ1v) is 7.89. The number of aliphatic hydroxyl groups is 1. The quantitative estimate of drug-likeness (QED) is 0.405. The number of pyridine rings is 1. The summed E-state index contributed by atoms with van der Waals surface area (Å²) < 4.78 is 0. The maximum atomic E-state index is 11.8. The number of allylic oxidation sites excluding steroid dienone is 3. The summed E-state index contributed by atoms with van der Waals surface area (Å²) in [6.45, 7) is 1.87. The van der Waals surface area contributed by atoms with Gasteiger partial charge >= 0.3 is 0 Å². The molecule has 0 atom stereocenters. The lowest BCUT2D eigenvalue weighted by Gasteiger charge is -2.03. The van der Waals surface area contributed by atoms with Crippen LogP contribution in [0.2, 0.25) is 0 Å². The topological polar surface area (TPSA) is 70.5 Å². The Bertz CT molecular complexity index is 954. The Balaban J connectivity index is 1.84. The fourth-order valence-corrected chi connectivity index (χ4v) is 2.70. The van der Waals surface area contributed by atoms with E-state index in [-0.39, 0.29) is 23.7 Å². The van der Waals surface area contributed by atoms with Gasteiger partial charge in [0.2, 0.25) is 0 Å².